The summed E-state index contributed by atoms with van der Waals surface area (Å²) in [6.45, 7) is 7.35. The Kier molecular flexibility index (Phi) is 4.96. The second kappa shape index (κ2) is 7.62. The van der Waals surface area contributed by atoms with Crippen LogP contribution in [0.15, 0.2) is 56.1 Å². The van der Waals surface area contributed by atoms with Gasteiger partial charge in [-0.3, -0.25) is 14.9 Å². The van der Waals surface area contributed by atoms with Gasteiger partial charge in [0, 0.05) is 22.8 Å². The number of nitrogens with zero attached hydrogens (tertiary/aromatic N) is 1. The zero-order valence-corrected chi connectivity index (χ0v) is 17.6. The summed E-state index contributed by atoms with van der Waals surface area (Å²) < 4.78 is 11.5. The number of hydrogen-bond donors (Lipinski definition) is 1. The molecule has 0 aliphatic heterocycles. The van der Waals surface area contributed by atoms with Crippen molar-refractivity contribution < 1.29 is 13.6 Å². The van der Waals surface area contributed by atoms with Crippen molar-refractivity contribution in [2.45, 2.75) is 27.7 Å². The maximum absolute atomic E-state index is 12.6. The van der Waals surface area contributed by atoms with Gasteiger partial charge < -0.3 is 8.83 Å². The molecule has 2 aromatic carbocycles. The molecule has 154 valence electrons. The standard InChI is InChI=1S/C25H20N2O4/c1-13-9-14(2)23-19(10-13)21(28)11-22(31-23)17-5-7-18(8-6-17)24(29)27-25-20(12-26)15(3)16(4)30-25/h5-11H,1-4H3,(H,27,29). The van der Waals surface area contributed by atoms with Crippen LogP contribution in [-0.2, 0) is 0 Å². The van der Waals surface area contributed by atoms with Gasteiger partial charge >= 0.3 is 0 Å². The molecular weight excluding hydrogens is 392 g/mol. The number of hydrogen-bond acceptors (Lipinski definition) is 5. The average molecular weight is 412 g/mol. The first-order chi connectivity index (χ1) is 14.8. The van der Waals surface area contributed by atoms with Crippen LogP contribution in [0.4, 0.5) is 5.88 Å². The van der Waals surface area contributed by atoms with Gasteiger partial charge in [0.15, 0.2) is 5.43 Å². The highest BCUT2D eigenvalue weighted by atomic mass is 16.4. The summed E-state index contributed by atoms with van der Waals surface area (Å²) in [4.78, 5) is 25.2. The normalized spacial score (nSPS) is 10.8. The maximum Gasteiger partial charge on any atom is 0.258 e. The molecule has 0 unspecified atom stereocenters. The third-order valence-electron chi connectivity index (χ3n) is 5.31. The number of amides is 1. The van der Waals surface area contributed by atoms with Gasteiger partial charge in [-0.25, -0.2) is 0 Å². The molecule has 0 aliphatic rings. The summed E-state index contributed by atoms with van der Waals surface area (Å²) in [5.74, 6) is 0.750. The minimum atomic E-state index is -0.400. The lowest BCUT2D eigenvalue weighted by Crippen LogP contribution is -2.12. The van der Waals surface area contributed by atoms with Crippen LogP contribution < -0.4 is 10.7 Å². The zero-order chi connectivity index (χ0) is 22.3. The number of carbonyl (C=O) groups excluding carboxylic acids is 1. The predicted molar refractivity (Wildman–Crippen MR) is 118 cm³/mol. The monoisotopic (exact) mass is 412 g/mol. The Morgan fingerprint density at radius 1 is 1.00 bits per heavy atom. The molecule has 0 fully saturated rings. The number of carbonyl (C=O) groups is 1. The Labute approximate surface area is 178 Å². The van der Waals surface area contributed by atoms with Crippen molar-refractivity contribution in [3.05, 3.63) is 86.3 Å². The lowest BCUT2D eigenvalue weighted by atomic mass is 10.1. The van der Waals surface area contributed by atoms with E-state index in [1.165, 1.54) is 6.07 Å². The summed E-state index contributed by atoms with van der Waals surface area (Å²) in [5, 5.41) is 12.5. The van der Waals surface area contributed by atoms with E-state index < -0.39 is 5.91 Å². The van der Waals surface area contributed by atoms with Gasteiger partial charge in [0.1, 0.15) is 28.7 Å². The fourth-order valence-electron chi connectivity index (χ4n) is 3.56. The topological polar surface area (TPSA) is 96.2 Å². The lowest BCUT2D eigenvalue weighted by molar-refractivity contribution is 0.102. The molecule has 0 radical (unpaired) electrons. The van der Waals surface area contributed by atoms with Crippen LogP contribution in [0, 0.1) is 39.0 Å². The first-order valence-corrected chi connectivity index (χ1v) is 9.75. The highest BCUT2D eigenvalue weighted by Crippen LogP contribution is 2.27. The summed E-state index contributed by atoms with van der Waals surface area (Å²) in [7, 11) is 0. The van der Waals surface area contributed by atoms with Crippen molar-refractivity contribution in [3.63, 3.8) is 0 Å². The molecular formula is C25H20N2O4. The molecule has 2 heterocycles. The van der Waals surface area contributed by atoms with Crippen molar-refractivity contribution >= 4 is 22.8 Å². The van der Waals surface area contributed by atoms with Crippen molar-refractivity contribution in [2.75, 3.05) is 5.32 Å². The van der Waals surface area contributed by atoms with Gasteiger partial charge in [-0.2, -0.15) is 5.26 Å². The highest BCUT2D eigenvalue weighted by molar-refractivity contribution is 6.04. The molecule has 1 amide bonds. The second-order valence-electron chi connectivity index (χ2n) is 7.56. The second-order valence-corrected chi connectivity index (χ2v) is 7.56. The number of furan rings is 1. The molecule has 1 N–H and O–H groups in total. The Morgan fingerprint density at radius 2 is 1.71 bits per heavy atom. The molecule has 2 aromatic heterocycles. The summed E-state index contributed by atoms with van der Waals surface area (Å²) in [6.07, 6.45) is 0. The van der Waals surface area contributed by atoms with Crippen molar-refractivity contribution in [3.8, 4) is 17.4 Å². The smallest absolute Gasteiger partial charge is 0.258 e. The van der Waals surface area contributed by atoms with Crippen LogP contribution in [-0.4, -0.2) is 5.91 Å². The number of benzene rings is 2. The summed E-state index contributed by atoms with van der Waals surface area (Å²) >= 11 is 0. The van der Waals surface area contributed by atoms with E-state index in [0.29, 0.717) is 44.7 Å². The molecule has 0 spiro atoms. The predicted octanol–water partition coefficient (Wildman–Crippen LogP) is 5.41. The summed E-state index contributed by atoms with van der Waals surface area (Å²) in [5.41, 5.74) is 4.41. The third kappa shape index (κ3) is 3.62. The molecule has 6 nitrogen and oxygen atoms in total. The van der Waals surface area contributed by atoms with Gasteiger partial charge in [-0.1, -0.05) is 18.2 Å². The van der Waals surface area contributed by atoms with E-state index in [-0.39, 0.29) is 11.3 Å². The number of fused-ring (bicyclic) bond motifs is 1. The number of anilines is 1. The van der Waals surface area contributed by atoms with E-state index in [9.17, 15) is 14.9 Å². The number of nitrogens with one attached hydrogen (secondary N) is 1. The Bertz CT molecular complexity index is 1430. The van der Waals surface area contributed by atoms with Crippen LogP contribution in [0.1, 0.15) is 38.4 Å². The van der Waals surface area contributed by atoms with Gasteiger partial charge in [0.25, 0.3) is 5.91 Å². The van der Waals surface area contributed by atoms with Gasteiger partial charge in [0.05, 0.1) is 5.39 Å². The van der Waals surface area contributed by atoms with Crippen molar-refractivity contribution in [1.82, 2.24) is 0 Å². The lowest BCUT2D eigenvalue weighted by Gasteiger charge is -2.08. The SMILES string of the molecule is Cc1cc(C)c2oc(-c3ccc(C(=O)Nc4oc(C)c(C)c4C#N)cc3)cc(=O)c2c1. The Morgan fingerprint density at radius 3 is 2.39 bits per heavy atom. The largest absolute Gasteiger partial charge is 0.456 e. The Balaban J connectivity index is 1.64. The maximum atomic E-state index is 12.6. The van der Waals surface area contributed by atoms with Gasteiger partial charge in [-0.15, -0.1) is 0 Å². The van der Waals surface area contributed by atoms with Crippen LogP contribution in [0.5, 0.6) is 0 Å². The first-order valence-electron chi connectivity index (χ1n) is 9.75. The molecule has 4 rings (SSSR count). The minimum absolute atomic E-state index is 0.113. The molecule has 31 heavy (non-hydrogen) atoms. The Hall–Kier alpha value is -4.11. The number of rotatable bonds is 3. The van der Waals surface area contributed by atoms with Gasteiger partial charge in [-0.05, 0) is 57.0 Å². The van der Waals surface area contributed by atoms with Crippen LogP contribution in [0.3, 0.4) is 0 Å². The molecule has 4 aromatic rings. The summed E-state index contributed by atoms with van der Waals surface area (Å²) in [6, 6.07) is 14.0. The first kappa shape index (κ1) is 20.2. The van der Waals surface area contributed by atoms with E-state index in [4.69, 9.17) is 8.83 Å². The third-order valence-corrected chi connectivity index (χ3v) is 5.31. The minimum Gasteiger partial charge on any atom is -0.456 e. The molecule has 6 heteroatoms. The molecule has 0 aliphatic carbocycles. The molecule has 0 bridgehead atoms. The number of aryl methyl sites for hydroxylation is 3. The van der Waals surface area contributed by atoms with E-state index in [1.807, 2.05) is 32.0 Å². The molecule has 0 atom stereocenters. The van der Waals surface area contributed by atoms with E-state index in [1.54, 1.807) is 38.1 Å². The highest BCUT2D eigenvalue weighted by Gasteiger charge is 2.18. The van der Waals surface area contributed by atoms with Crippen LogP contribution in [0.2, 0.25) is 0 Å². The van der Waals surface area contributed by atoms with Crippen LogP contribution >= 0.6 is 0 Å². The molecule has 0 saturated heterocycles. The van der Waals surface area contributed by atoms with Gasteiger partial charge in [0.2, 0.25) is 5.88 Å². The van der Waals surface area contributed by atoms with E-state index in [2.05, 4.69) is 5.32 Å². The zero-order valence-electron chi connectivity index (χ0n) is 17.6. The van der Waals surface area contributed by atoms with Crippen LogP contribution in [0.25, 0.3) is 22.3 Å². The van der Waals surface area contributed by atoms with Crippen molar-refractivity contribution in [2.24, 2.45) is 0 Å². The number of nitriles is 1. The molecule has 0 saturated carbocycles. The van der Waals surface area contributed by atoms with Crippen molar-refractivity contribution in [1.29, 1.82) is 5.26 Å². The van der Waals surface area contributed by atoms with E-state index in [0.717, 1.165) is 11.1 Å². The quantitative estimate of drug-likeness (QED) is 0.485. The fraction of sp³-hybridized carbons (Fsp3) is 0.160. The average Bonchev–Trinajstić information content (AvgIpc) is 3.01. The van der Waals surface area contributed by atoms with E-state index >= 15 is 0 Å². The fourth-order valence-corrected chi connectivity index (χ4v) is 3.56.